The van der Waals surface area contributed by atoms with E-state index in [4.69, 9.17) is 0 Å². The van der Waals surface area contributed by atoms with Gasteiger partial charge in [-0.3, -0.25) is 4.98 Å². The molecule has 0 radical (unpaired) electrons. The van der Waals surface area contributed by atoms with E-state index in [1.54, 1.807) is 0 Å². The minimum atomic E-state index is 0. The molecule has 2 rings (SSSR count). The number of halogens is 1. The number of benzene rings is 1. The topological polar surface area (TPSA) is 24.9 Å². The van der Waals surface area contributed by atoms with E-state index in [1.807, 2.05) is 31.4 Å². The molecule has 0 aliphatic carbocycles. The van der Waals surface area contributed by atoms with Crippen LogP contribution < -0.4 is 5.32 Å². The number of rotatable bonds is 3. The highest BCUT2D eigenvalue weighted by Crippen LogP contribution is 2.15. The van der Waals surface area contributed by atoms with Crippen molar-refractivity contribution in [1.82, 2.24) is 10.3 Å². The first-order valence-corrected chi connectivity index (χ1v) is 5.05. The van der Waals surface area contributed by atoms with E-state index in [1.165, 1.54) is 5.56 Å². The summed E-state index contributed by atoms with van der Waals surface area (Å²) >= 11 is 0. The minimum Gasteiger partial charge on any atom is -0.316 e. The Morgan fingerprint density at radius 1 is 1.06 bits per heavy atom. The predicted octanol–water partition coefficient (Wildman–Crippen LogP) is 2.89. The Kier molecular flexibility index (Phi) is 4.96. The fourth-order valence-electron chi connectivity index (χ4n) is 1.51. The molecule has 1 aromatic carbocycles. The van der Waals surface area contributed by atoms with Gasteiger partial charge in [0.2, 0.25) is 0 Å². The highest BCUT2D eigenvalue weighted by Gasteiger charge is 1.97. The molecule has 0 bridgehead atoms. The Bertz CT molecular complexity index is 412. The number of aromatic nitrogens is 1. The largest absolute Gasteiger partial charge is 0.316 e. The van der Waals surface area contributed by atoms with Crippen LogP contribution in [0.2, 0.25) is 0 Å². The van der Waals surface area contributed by atoms with Crippen molar-refractivity contribution in [2.45, 2.75) is 6.54 Å². The molecule has 0 saturated carbocycles. The quantitative estimate of drug-likeness (QED) is 0.884. The van der Waals surface area contributed by atoms with Crippen LogP contribution in [0.5, 0.6) is 0 Å². The van der Waals surface area contributed by atoms with Crippen molar-refractivity contribution in [1.29, 1.82) is 0 Å². The molecule has 3 heteroatoms. The van der Waals surface area contributed by atoms with Crippen LogP contribution in [-0.2, 0) is 6.54 Å². The molecule has 1 heterocycles. The van der Waals surface area contributed by atoms with Crippen LogP contribution in [0.15, 0.2) is 48.7 Å². The average molecular weight is 235 g/mol. The van der Waals surface area contributed by atoms with E-state index in [0.717, 1.165) is 17.8 Å². The average Bonchev–Trinajstić information content (AvgIpc) is 2.32. The van der Waals surface area contributed by atoms with Crippen LogP contribution in [0.4, 0.5) is 0 Å². The first-order valence-electron chi connectivity index (χ1n) is 5.05. The molecule has 0 saturated heterocycles. The van der Waals surface area contributed by atoms with Crippen molar-refractivity contribution in [3.63, 3.8) is 0 Å². The summed E-state index contributed by atoms with van der Waals surface area (Å²) in [5, 5.41) is 3.10. The molecule has 1 N–H and O–H groups in total. The first kappa shape index (κ1) is 12.7. The van der Waals surface area contributed by atoms with Crippen molar-refractivity contribution in [3.8, 4) is 11.3 Å². The van der Waals surface area contributed by atoms with Gasteiger partial charge in [0.15, 0.2) is 0 Å². The molecule has 0 amide bonds. The molecule has 1 aromatic heterocycles. The molecule has 0 atom stereocenters. The summed E-state index contributed by atoms with van der Waals surface area (Å²) in [7, 11) is 1.94. The number of nitrogens with one attached hydrogen (secondary N) is 1. The normalized spacial score (nSPS) is 9.56. The summed E-state index contributed by atoms with van der Waals surface area (Å²) in [5.74, 6) is 0. The monoisotopic (exact) mass is 234 g/mol. The van der Waals surface area contributed by atoms with Gasteiger partial charge < -0.3 is 5.32 Å². The van der Waals surface area contributed by atoms with Gasteiger partial charge in [-0.1, -0.05) is 36.4 Å². The molecular weight excluding hydrogens is 220 g/mol. The molecule has 0 fully saturated rings. The predicted molar refractivity (Wildman–Crippen MR) is 69.7 cm³/mol. The Hall–Kier alpha value is -1.38. The van der Waals surface area contributed by atoms with Gasteiger partial charge in [-0.2, -0.15) is 0 Å². The van der Waals surface area contributed by atoms with Crippen LogP contribution in [-0.4, -0.2) is 12.0 Å². The summed E-state index contributed by atoms with van der Waals surface area (Å²) in [4.78, 5) is 4.43. The third-order valence-corrected chi connectivity index (χ3v) is 2.28. The Morgan fingerprint density at radius 2 is 1.81 bits per heavy atom. The minimum absolute atomic E-state index is 0. The first-order chi connectivity index (χ1) is 7.40. The Balaban J connectivity index is 0.00000128. The zero-order valence-corrected chi connectivity index (χ0v) is 10.00. The fraction of sp³-hybridized carbons (Fsp3) is 0.154. The van der Waals surface area contributed by atoms with Gasteiger partial charge in [0, 0.05) is 18.3 Å². The van der Waals surface area contributed by atoms with Gasteiger partial charge in [0.05, 0.1) is 5.69 Å². The molecule has 84 valence electrons. The number of hydrogen-bond acceptors (Lipinski definition) is 2. The lowest BCUT2D eigenvalue weighted by Gasteiger charge is -2.02. The van der Waals surface area contributed by atoms with E-state index >= 15 is 0 Å². The lowest BCUT2D eigenvalue weighted by Crippen LogP contribution is -2.05. The molecule has 0 unspecified atom stereocenters. The van der Waals surface area contributed by atoms with Crippen LogP contribution in [0.25, 0.3) is 11.3 Å². The van der Waals surface area contributed by atoms with Crippen molar-refractivity contribution < 1.29 is 0 Å². The summed E-state index contributed by atoms with van der Waals surface area (Å²) in [6, 6.07) is 14.4. The highest BCUT2D eigenvalue weighted by molar-refractivity contribution is 5.85. The lowest BCUT2D eigenvalue weighted by molar-refractivity contribution is 0.813. The molecule has 0 aliphatic rings. The second-order valence-electron chi connectivity index (χ2n) is 3.45. The standard InChI is InChI=1S/C13H14N2.ClH/c1-14-9-11-7-8-13(15-10-11)12-5-3-2-4-6-12;/h2-8,10,14H,9H2,1H3;1H. The third kappa shape index (κ3) is 3.05. The number of pyridine rings is 1. The van der Waals surface area contributed by atoms with Crippen LogP contribution in [0, 0.1) is 0 Å². The van der Waals surface area contributed by atoms with E-state index in [-0.39, 0.29) is 12.4 Å². The number of hydrogen-bond donors (Lipinski definition) is 1. The van der Waals surface area contributed by atoms with E-state index < -0.39 is 0 Å². The SMILES string of the molecule is CNCc1ccc(-c2ccccc2)nc1.Cl. The molecule has 0 spiro atoms. The van der Waals surface area contributed by atoms with E-state index in [9.17, 15) is 0 Å². The third-order valence-electron chi connectivity index (χ3n) is 2.28. The highest BCUT2D eigenvalue weighted by atomic mass is 35.5. The van der Waals surface area contributed by atoms with Gasteiger partial charge in [-0.25, -0.2) is 0 Å². The Labute approximate surface area is 102 Å². The smallest absolute Gasteiger partial charge is 0.0702 e. The van der Waals surface area contributed by atoms with Gasteiger partial charge in [-0.15, -0.1) is 12.4 Å². The summed E-state index contributed by atoms with van der Waals surface area (Å²) in [6.07, 6.45) is 1.92. The molecule has 2 nitrogen and oxygen atoms in total. The number of nitrogens with zero attached hydrogens (tertiary/aromatic N) is 1. The van der Waals surface area contributed by atoms with E-state index in [2.05, 4.69) is 34.6 Å². The summed E-state index contributed by atoms with van der Waals surface area (Å²) in [6.45, 7) is 0.863. The molecular formula is C13H15ClN2. The maximum Gasteiger partial charge on any atom is 0.0702 e. The summed E-state index contributed by atoms with van der Waals surface area (Å²) < 4.78 is 0. The summed E-state index contributed by atoms with van der Waals surface area (Å²) in [5.41, 5.74) is 3.39. The van der Waals surface area contributed by atoms with Crippen LogP contribution in [0.1, 0.15) is 5.56 Å². The fourth-order valence-corrected chi connectivity index (χ4v) is 1.51. The van der Waals surface area contributed by atoms with Crippen LogP contribution >= 0.6 is 12.4 Å². The Morgan fingerprint density at radius 3 is 2.38 bits per heavy atom. The lowest BCUT2D eigenvalue weighted by atomic mass is 10.1. The molecule has 0 aliphatic heterocycles. The van der Waals surface area contributed by atoms with Crippen molar-refractivity contribution in [2.24, 2.45) is 0 Å². The van der Waals surface area contributed by atoms with Crippen LogP contribution in [0.3, 0.4) is 0 Å². The maximum absolute atomic E-state index is 4.43. The van der Waals surface area contributed by atoms with Gasteiger partial charge >= 0.3 is 0 Å². The molecule has 2 aromatic rings. The van der Waals surface area contributed by atoms with Gasteiger partial charge in [-0.05, 0) is 18.7 Å². The van der Waals surface area contributed by atoms with E-state index in [0.29, 0.717) is 0 Å². The molecule has 16 heavy (non-hydrogen) atoms. The van der Waals surface area contributed by atoms with Gasteiger partial charge in [0.1, 0.15) is 0 Å². The zero-order chi connectivity index (χ0) is 10.5. The second-order valence-corrected chi connectivity index (χ2v) is 3.45. The van der Waals surface area contributed by atoms with Crippen molar-refractivity contribution in [2.75, 3.05) is 7.05 Å². The van der Waals surface area contributed by atoms with Crippen molar-refractivity contribution >= 4 is 12.4 Å². The van der Waals surface area contributed by atoms with Crippen molar-refractivity contribution in [3.05, 3.63) is 54.2 Å². The zero-order valence-electron chi connectivity index (χ0n) is 9.18. The maximum atomic E-state index is 4.43. The second kappa shape index (κ2) is 6.26. The van der Waals surface area contributed by atoms with Gasteiger partial charge in [0.25, 0.3) is 0 Å².